The van der Waals surface area contributed by atoms with Gasteiger partial charge in [0.1, 0.15) is 12.1 Å². The zero-order valence-corrected chi connectivity index (χ0v) is 14.0. The van der Waals surface area contributed by atoms with Crippen LogP contribution >= 0.6 is 11.6 Å². The lowest BCUT2D eigenvalue weighted by atomic mass is 10.2. The van der Waals surface area contributed by atoms with Crippen molar-refractivity contribution in [3.05, 3.63) is 41.3 Å². The van der Waals surface area contributed by atoms with Gasteiger partial charge in [-0.1, -0.05) is 17.7 Å². The van der Waals surface area contributed by atoms with Crippen LogP contribution in [0.15, 0.2) is 30.7 Å². The summed E-state index contributed by atoms with van der Waals surface area (Å²) in [5.74, 6) is 0.692. The quantitative estimate of drug-likeness (QED) is 0.637. The van der Waals surface area contributed by atoms with Crippen molar-refractivity contribution in [3.8, 4) is 5.69 Å². The number of aromatic nitrogens is 4. The molecule has 0 bridgehead atoms. The van der Waals surface area contributed by atoms with E-state index in [9.17, 15) is 0 Å². The van der Waals surface area contributed by atoms with Crippen LogP contribution in [-0.2, 0) is 4.74 Å². The highest BCUT2D eigenvalue weighted by Gasteiger charge is 2.11. The molecule has 3 aromatic rings. The highest BCUT2D eigenvalue weighted by molar-refractivity contribution is 6.31. The number of nitrogens with one attached hydrogen (secondary N) is 1. The number of aryl methyl sites for hydroxylation is 1. The fourth-order valence-corrected chi connectivity index (χ4v) is 2.47. The number of aliphatic hydroxyl groups excluding tert-OH is 1. The predicted molar refractivity (Wildman–Crippen MR) is 92.8 cm³/mol. The molecule has 0 spiro atoms. The first-order valence-corrected chi connectivity index (χ1v) is 7.96. The van der Waals surface area contributed by atoms with E-state index in [1.165, 1.54) is 6.33 Å². The number of hydrogen-bond donors (Lipinski definition) is 2. The Morgan fingerprint density at radius 2 is 2.17 bits per heavy atom. The number of ether oxygens (including phenoxy) is 1. The first kappa shape index (κ1) is 16.6. The maximum absolute atomic E-state index is 8.69. The van der Waals surface area contributed by atoms with Gasteiger partial charge in [-0.15, -0.1) is 0 Å². The Balaban J connectivity index is 1.84. The summed E-state index contributed by atoms with van der Waals surface area (Å²) < 4.78 is 6.96. The van der Waals surface area contributed by atoms with Crippen LogP contribution in [0.25, 0.3) is 16.7 Å². The zero-order chi connectivity index (χ0) is 16.9. The number of nitrogens with zero attached hydrogens (tertiary/aromatic N) is 4. The number of aliphatic hydroxyl groups is 1. The Bertz CT molecular complexity index is 836. The summed E-state index contributed by atoms with van der Waals surface area (Å²) in [6.45, 7) is 3.36. The molecule has 2 aromatic heterocycles. The molecule has 7 nitrogen and oxygen atoms in total. The van der Waals surface area contributed by atoms with Crippen LogP contribution in [0.4, 0.5) is 5.82 Å². The van der Waals surface area contributed by atoms with E-state index in [1.54, 1.807) is 10.9 Å². The zero-order valence-electron chi connectivity index (χ0n) is 13.2. The van der Waals surface area contributed by atoms with Crippen molar-refractivity contribution < 1.29 is 9.84 Å². The van der Waals surface area contributed by atoms with Crippen LogP contribution in [0.1, 0.15) is 5.56 Å². The highest BCUT2D eigenvalue weighted by atomic mass is 35.5. The molecule has 0 saturated carbocycles. The molecule has 0 radical (unpaired) electrons. The lowest BCUT2D eigenvalue weighted by molar-refractivity contribution is 0.0992. The van der Waals surface area contributed by atoms with Gasteiger partial charge in [0.15, 0.2) is 5.65 Å². The normalized spacial score (nSPS) is 11.1. The minimum absolute atomic E-state index is 0.0175. The molecule has 0 fully saturated rings. The van der Waals surface area contributed by atoms with Crippen LogP contribution in [-0.4, -0.2) is 51.2 Å². The van der Waals surface area contributed by atoms with E-state index < -0.39 is 0 Å². The Kier molecular flexibility index (Phi) is 5.24. The fraction of sp³-hybridized carbons (Fsp3) is 0.312. The molecule has 24 heavy (non-hydrogen) atoms. The SMILES string of the molecule is Cc1ccc(-n2ncc3c(NCCOCCO)ncnc32)cc1Cl. The summed E-state index contributed by atoms with van der Waals surface area (Å²) in [4.78, 5) is 8.59. The monoisotopic (exact) mass is 347 g/mol. The van der Waals surface area contributed by atoms with Gasteiger partial charge in [-0.3, -0.25) is 0 Å². The van der Waals surface area contributed by atoms with Gasteiger partial charge < -0.3 is 15.2 Å². The van der Waals surface area contributed by atoms with E-state index in [-0.39, 0.29) is 6.61 Å². The maximum Gasteiger partial charge on any atom is 0.168 e. The lowest BCUT2D eigenvalue weighted by Gasteiger charge is -2.08. The third kappa shape index (κ3) is 3.48. The first-order chi connectivity index (χ1) is 11.7. The number of rotatable bonds is 7. The first-order valence-electron chi connectivity index (χ1n) is 7.58. The van der Waals surface area contributed by atoms with Crippen LogP contribution in [0.5, 0.6) is 0 Å². The van der Waals surface area contributed by atoms with Gasteiger partial charge in [0.05, 0.1) is 37.1 Å². The largest absolute Gasteiger partial charge is 0.394 e. The molecule has 0 aliphatic rings. The van der Waals surface area contributed by atoms with Gasteiger partial charge in [-0.05, 0) is 24.6 Å². The molecule has 0 amide bonds. The van der Waals surface area contributed by atoms with Gasteiger partial charge >= 0.3 is 0 Å². The average Bonchev–Trinajstić information content (AvgIpc) is 3.02. The van der Waals surface area contributed by atoms with Gasteiger partial charge in [0.2, 0.25) is 0 Å². The van der Waals surface area contributed by atoms with Crippen molar-refractivity contribution in [1.29, 1.82) is 0 Å². The third-order valence-corrected chi connectivity index (χ3v) is 3.95. The molecule has 0 atom stereocenters. The summed E-state index contributed by atoms with van der Waals surface area (Å²) in [7, 11) is 0. The summed E-state index contributed by atoms with van der Waals surface area (Å²) in [5.41, 5.74) is 2.55. The van der Waals surface area contributed by atoms with Gasteiger partial charge in [-0.2, -0.15) is 5.10 Å². The van der Waals surface area contributed by atoms with E-state index in [0.717, 1.165) is 16.6 Å². The molecule has 2 N–H and O–H groups in total. The Morgan fingerprint density at radius 1 is 1.29 bits per heavy atom. The molecule has 0 aliphatic heterocycles. The van der Waals surface area contributed by atoms with E-state index in [1.807, 2.05) is 25.1 Å². The molecule has 0 saturated heterocycles. The predicted octanol–water partition coefficient (Wildman–Crippen LogP) is 2.20. The Hall–Kier alpha value is -2.22. The smallest absolute Gasteiger partial charge is 0.168 e. The second kappa shape index (κ2) is 7.57. The van der Waals surface area contributed by atoms with Crippen LogP contribution < -0.4 is 5.32 Å². The topological polar surface area (TPSA) is 85.1 Å². The number of halogens is 1. The summed E-state index contributed by atoms with van der Waals surface area (Å²) in [5, 5.41) is 17.8. The Labute approximate surface area is 144 Å². The number of fused-ring (bicyclic) bond motifs is 1. The van der Waals surface area contributed by atoms with E-state index in [2.05, 4.69) is 20.4 Å². The van der Waals surface area contributed by atoms with E-state index in [4.69, 9.17) is 21.4 Å². The number of benzene rings is 1. The maximum atomic E-state index is 8.69. The van der Waals surface area contributed by atoms with Crippen molar-refractivity contribution in [2.75, 3.05) is 31.7 Å². The summed E-state index contributed by atoms with van der Waals surface area (Å²) >= 11 is 6.21. The minimum Gasteiger partial charge on any atom is -0.394 e. The summed E-state index contributed by atoms with van der Waals surface area (Å²) in [6.07, 6.45) is 3.22. The molecule has 1 aromatic carbocycles. The molecular formula is C16H18ClN5O2. The highest BCUT2D eigenvalue weighted by Crippen LogP contribution is 2.24. The van der Waals surface area contributed by atoms with E-state index in [0.29, 0.717) is 36.2 Å². The average molecular weight is 348 g/mol. The molecule has 0 aliphatic carbocycles. The number of anilines is 1. The molecule has 0 unspecified atom stereocenters. The van der Waals surface area contributed by atoms with Crippen LogP contribution in [0.3, 0.4) is 0 Å². The van der Waals surface area contributed by atoms with Crippen molar-refractivity contribution in [1.82, 2.24) is 19.7 Å². The van der Waals surface area contributed by atoms with E-state index >= 15 is 0 Å². The minimum atomic E-state index is 0.0175. The standard InChI is InChI=1S/C16H18ClN5O2/c1-11-2-3-12(8-14(11)17)22-16-13(9-21-22)15(19-10-20-16)18-4-6-24-7-5-23/h2-3,8-10,23H,4-7H2,1H3,(H,18,19,20). The van der Waals surface area contributed by atoms with Crippen LogP contribution in [0, 0.1) is 6.92 Å². The van der Waals surface area contributed by atoms with Crippen LogP contribution in [0.2, 0.25) is 5.02 Å². The lowest BCUT2D eigenvalue weighted by Crippen LogP contribution is -2.12. The van der Waals surface area contributed by atoms with Crippen molar-refractivity contribution in [2.24, 2.45) is 0 Å². The molecular weight excluding hydrogens is 330 g/mol. The molecule has 8 heteroatoms. The molecule has 2 heterocycles. The third-order valence-electron chi connectivity index (χ3n) is 3.54. The fourth-order valence-electron chi connectivity index (χ4n) is 2.30. The van der Waals surface area contributed by atoms with Gasteiger partial charge in [0, 0.05) is 11.6 Å². The van der Waals surface area contributed by atoms with Crippen molar-refractivity contribution >= 4 is 28.5 Å². The Morgan fingerprint density at radius 3 is 2.96 bits per heavy atom. The second-order valence-corrected chi connectivity index (χ2v) is 5.62. The molecule has 126 valence electrons. The second-order valence-electron chi connectivity index (χ2n) is 5.21. The summed E-state index contributed by atoms with van der Waals surface area (Å²) in [6, 6.07) is 5.76. The molecule has 3 rings (SSSR count). The van der Waals surface area contributed by atoms with Gasteiger partial charge in [-0.25, -0.2) is 14.6 Å². The number of hydrogen-bond acceptors (Lipinski definition) is 6. The van der Waals surface area contributed by atoms with Gasteiger partial charge in [0.25, 0.3) is 0 Å². The van der Waals surface area contributed by atoms with Crippen molar-refractivity contribution in [2.45, 2.75) is 6.92 Å². The van der Waals surface area contributed by atoms with Crippen molar-refractivity contribution in [3.63, 3.8) is 0 Å².